The minimum Gasteiger partial charge on any atom is -0.314 e. The largest absolute Gasteiger partial charge is 0.314 e. The molecule has 0 bridgehead atoms. The highest BCUT2D eigenvalue weighted by molar-refractivity contribution is 7.09. The molecule has 0 aliphatic carbocycles. The maximum Gasteiger partial charge on any atom is 0.250 e. The van der Waals surface area contributed by atoms with E-state index in [0.29, 0.717) is 6.54 Å². The molecule has 0 aliphatic heterocycles. The lowest BCUT2D eigenvalue weighted by Crippen LogP contribution is -2.25. The third-order valence-corrected chi connectivity index (χ3v) is 3.34. The van der Waals surface area contributed by atoms with Gasteiger partial charge in [0.2, 0.25) is 0 Å². The average molecular weight is 249 g/mol. The lowest BCUT2D eigenvalue weighted by molar-refractivity contribution is 0.584. The Kier molecular flexibility index (Phi) is 4.06. The summed E-state index contributed by atoms with van der Waals surface area (Å²) in [5.74, 6) is 0. The fourth-order valence-electron chi connectivity index (χ4n) is 1.52. The first-order valence-corrected chi connectivity index (χ1v) is 6.41. The molecule has 0 spiro atoms. The topological polar surface area (TPSA) is 46.9 Å². The second-order valence-electron chi connectivity index (χ2n) is 3.79. The van der Waals surface area contributed by atoms with Crippen LogP contribution in [0, 0.1) is 6.92 Å². The van der Waals surface area contributed by atoms with Crippen molar-refractivity contribution in [1.82, 2.24) is 14.9 Å². The lowest BCUT2D eigenvalue weighted by atomic mass is 10.4. The molecular formula is C12H15N3OS. The molecule has 0 radical (unpaired) electrons. The van der Waals surface area contributed by atoms with Gasteiger partial charge < -0.3 is 9.88 Å². The summed E-state index contributed by atoms with van der Waals surface area (Å²) >= 11 is 1.66. The Hall–Kier alpha value is -1.46. The normalized spacial score (nSPS) is 10.6. The van der Waals surface area contributed by atoms with Gasteiger partial charge in [-0.2, -0.15) is 0 Å². The SMILES string of the molecule is Cc1csc(CNCCn2ccccc2=O)n1. The van der Waals surface area contributed by atoms with Gasteiger partial charge in [0.05, 0.1) is 0 Å². The van der Waals surface area contributed by atoms with Crippen molar-refractivity contribution in [3.05, 3.63) is 50.8 Å². The highest BCUT2D eigenvalue weighted by Crippen LogP contribution is 2.07. The number of hydrogen-bond acceptors (Lipinski definition) is 4. The van der Waals surface area contributed by atoms with Crippen LogP contribution in [0.25, 0.3) is 0 Å². The zero-order valence-corrected chi connectivity index (χ0v) is 10.5. The minimum absolute atomic E-state index is 0.0411. The first-order valence-electron chi connectivity index (χ1n) is 5.53. The second kappa shape index (κ2) is 5.75. The van der Waals surface area contributed by atoms with E-state index in [0.717, 1.165) is 23.8 Å². The van der Waals surface area contributed by atoms with Gasteiger partial charge in [-0.1, -0.05) is 6.07 Å². The fraction of sp³-hybridized carbons (Fsp3) is 0.333. The van der Waals surface area contributed by atoms with Crippen LogP contribution in [0.5, 0.6) is 0 Å². The molecule has 2 aromatic rings. The molecule has 0 aliphatic rings. The van der Waals surface area contributed by atoms with Crippen LogP contribution in [0.1, 0.15) is 10.7 Å². The first kappa shape index (κ1) is 12.0. The van der Waals surface area contributed by atoms with Crippen LogP contribution < -0.4 is 10.9 Å². The van der Waals surface area contributed by atoms with E-state index in [1.54, 1.807) is 34.2 Å². The molecule has 0 aromatic carbocycles. The Morgan fingerprint density at radius 2 is 2.35 bits per heavy atom. The Morgan fingerprint density at radius 1 is 1.47 bits per heavy atom. The van der Waals surface area contributed by atoms with E-state index in [4.69, 9.17) is 0 Å². The Morgan fingerprint density at radius 3 is 3.06 bits per heavy atom. The summed E-state index contributed by atoms with van der Waals surface area (Å²) in [5, 5.41) is 6.41. The molecule has 2 rings (SSSR count). The smallest absolute Gasteiger partial charge is 0.250 e. The number of nitrogens with one attached hydrogen (secondary N) is 1. The molecule has 4 nitrogen and oxygen atoms in total. The van der Waals surface area contributed by atoms with Crippen molar-refractivity contribution in [2.45, 2.75) is 20.0 Å². The van der Waals surface area contributed by atoms with Crippen molar-refractivity contribution in [1.29, 1.82) is 0 Å². The quantitative estimate of drug-likeness (QED) is 0.815. The van der Waals surface area contributed by atoms with Crippen molar-refractivity contribution in [3.63, 3.8) is 0 Å². The Bertz CT molecular complexity index is 532. The van der Waals surface area contributed by atoms with Crippen molar-refractivity contribution >= 4 is 11.3 Å². The number of pyridine rings is 1. The Labute approximate surface area is 104 Å². The number of rotatable bonds is 5. The molecule has 0 saturated carbocycles. The third-order valence-electron chi connectivity index (χ3n) is 2.37. The van der Waals surface area contributed by atoms with E-state index in [9.17, 15) is 4.79 Å². The maximum atomic E-state index is 11.4. The molecule has 0 unspecified atom stereocenters. The predicted molar refractivity (Wildman–Crippen MR) is 69.3 cm³/mol. The van der Waals surface area contributed by atoms with E-state index < -0.39 is 0 Å². The van der Waals surface area contributed by atoms with Gasteiger partial charge in [0.15, 0.2) is 0 Å². The van der Waals surface area contributed by atoms with Gasteiger partial charge in [-0.15, -0.1) is 11.3 Å². The van der Waals surface area contributed by atoms with E-state index in [1.165, 1.54) is 0 Å². The number of aromatic nitrogens is 2. The van der Waals surface area contributed by atoms with Gasteiger partial charge in [-0.25, -0.2) is 4.98 Å². The molecule has 2 aromatic heterocycles. The Balaban J connectivity index is 1.77. The summed E-state index contributed by atoms with van der Waals surface area (Å²) in [4.78, 5) is 15.8. The van der Waals surface area contributed by atoms with Crippen LogP contribution >= 0.6 is 11.3 Å². The van der Waals surface area contributed by atoms with E-state index in [-0.39, 0.29) is 5.56 Å². The van der Waals surface area contributed by atoms with Crippen LogP contribution in [0.15, 0.2) is 34.6 Å². The van der Waals surface area contributed by atoms with Crippen LogP contribution in [-0.2, 0) is 13.1 Å². The molecule has 0 fully saturated rings. The van der Waals surface area contributed by atoms with Gasteiger partial charge in [-0.3, -0.25) is 4.79 Å². The predicted octanol–water partition coefficient (Wildman–Crippen LogP) is 1.40. The van der Waals surface area contributed by atoms with Gasteiger partial charge in [0.25, 0.3) is 5.56 Å². The van der Waals surface area contributed by atoms with Crippen molar-refractivity contribution in [3.8, 4) is 0 Å². The highest BCUT2D eigenvalue weighted by Gasteiger charge is 1.98. The first-order chi connectivity index (χ1) is 8.25. The van der Waals surface area contributed by atoms with Crippen molar-refractivity contribution < 1.29 is 0 Å². The molecule has 17 heavy (non-hydrogen) atoms. The maximum absolute atomic E-state index is 11.4. The fourth-order valence-corrected chi connectivity index (χ4v) is 2.27. The van der Waals surface area contributed by atoms with Gasteiger partial charge in [0.1, 0.15) is 5.01 Å². The van der Waals surface area contributed by atoms with Crippen LogP contribution in [0.3, 0.4) is 0 Å². The summed E-state index contributed by atoms with van der Waals surface area (Å²) in [6, 6.07) is 5.19. The third kappa shape index (κ3) is 3.51. The van der Waals surface area contributed by atoms with Crippen molar-refractivity contribution in [2.24, 2.45) is 0 Å². The molecule has 90 valence electrons. The van der Waals surface area contributed by atoms with Crippen LogP contribution in [0.4, 0.5) is 0 Å². The molecule has 2 heterocycles. The van der Waals surface area contributed by atoms with E-state index >= 15 is 0 Å². The zero-order chi connectivity index (χ0) is 12.1. The molecule has 0 saturated heterocycles. The monoisotopic (exact) mass is 249 g/mol. The number of hydrogen-bond donors (Lipinski definition) is 1. The summed E-state index contributed by atoms with van der Waals surface area (Å²) in [5.41, 5.74) is 1.10. The lowest BCUT2D eigenvalue weighted by Gasteiger charge is -2.05. The number of nitrogens with zero attached hydrogens (tertiary/aromatic N) is 2. The van der Waals surface area contributed by atoms with E-state index in [2.05, 4.69) is 10.3 Å². The summed E-state index contributed by atoms with van der Waals surface area (Å²) in [6.07, 6.45) is 1.80. The van der Waals surface area contributed by atoms with Crippen LogP contribution in [-0.4, -0.2) is 16.1 Å². The summed E-state index contributed by atoms with van der Waals surface area (Å²) in [6.45, 7) is 4.20. The number of aryl methyl sites for hydroxylation is 1. The summed E-state index contributed by atoms with van der Waals surface area (Å²) < 4.78 is 1.69. The number of thiazole rings is 1. The molecule has 1 N–H and O–H groups in total. The standard InChI is InChI=1S/C12H15N3OS/c1-10-9-17-11(14-10)8-13-5-7-15-6-3-2-4-12(15)16/h2-4,6,9,13H,5,7-8H2,1H3. The van der Waals surface area contributed by atoms with Gasteiger partial charge >= 0.3 is 0 Å². The summed E-state index contributed by atoms with van der Waals surface area (Å²) in [7, 11) is 0. The van der Waals surface area contributed by atoms with Gasteiger partial charge in [0, 0.05) is 43.0 Å². The average Bonchev–Trinajstić information content (AvgIpc) is 2.73. The van der Waals surface area contributed by atoms with Crippen LogP contribution in [0.2, 0.25) is 0 Å². The minimum atomic E-state index is 0.0411. The van der Waals surface area contributed by atoms with E-state index in [1.807, 2.05) is 18.4 Å². The second-order valence-corrected chi connectivity index (χ2v) is 4.73. The zero-order valence-electron chi connectivity index (χ0n) is 9.72. The molecular weight excluding hydrogens is 234 g/mol. The van der Waals surface area contributed by atoms with Gasteiger partial charge in [-0.05, 0) is 13.0 Å². The highest BCUT2D eigenvalue weighted by atomic mass is 32.1. The molecule has 0 amide bonds. The molecule has 0 atom stereocenters. The molecule has 5 heteroatoms. The van der Waals surface area contributed by atoms with Crippen molar-refractivity contribution in [2.75, 3.05) is 6.54 Å².